The van der Waals surface area contributed by atoms with E-state index >= 15 is 0 Å². The molecule has 0 aromatic heterocycles. The molecule has 0 aliphatic carbocycles. The summed E-state index contributed by atoms with van der Waals surface area (Å²) < 4.78 is 45.4. The zero-order chi connectivity index (χ0) is 23.5. The van der Waals surface area contributed by atoms with Crippen molar-refractivity contribution in [1.29, 1.82) is 0 Å². The molecule has 0 aliphatic rings. The Morgan fingerprint density at radius 2 is 1.00 bits per heavy atom. The fourth-order valence-electron chi connectivity index (χ4n) is 2.94. The van der Waals surface area contributed by atoms with Gasteiger partial charge in [0.15, 0.2) is 0 Å². The molecule has 0 heterocycles. The summed E-state index contributed by atoms with van der Waals surface area (Å²) in [5.41, 5.74) is 3.30. The molecule has 2 unspecified atom stereocenters. The molecule has 0 aliphatic heterocycles. The molecule has 32 heavy (non-hydrogen) atoms. The number of hydrogen-bond acceptors (Lipinski definition) is 6. The second-order valence-electron chi connectivity index (χ2n) is 7.32. The molecular formula is C22H24O8P2. The first-order chi connectivity index (χ1) is 14.9. The first kappa shape index (κ1) is 23.9. The van der Waals surface area contributed by atoms with Gasteiger partial charge in [-0.25, -0.2) is 9.13 Å². The molecule has 0 amide bonds. The van der Waals surface area contributed by atoms with E-state index in [1.807, 2.05) is 13.8 Å². The third-order valence-electron chi connectivity index (χ3n) is 4.34. The number of phosphoric ester groups is 2. The molecule has 0 fully saturated rings. The summed E-state index contributed by atoms with van der Waals surface area (Å²) in [7, 11) is -9.07. The minimum Gasteiger partial charge on any atom is -0.395 e. The summed E-state index contributed by atoms with van der Waals surface area (Å²) in [5.74, 6) is 0.223. The molecule has 0 saturated heterocycles. The molecule has 3 aromatic rings. The van der Waals surface area contributed by atoms with Gasteiger partial charge in [-0.15, -0.1) is 0 Å². The first-order valence-corrected chi connectivity index (χ1v) is 12.6. The van der Waals surface area contributed by atoms with E-state index in [4.69, 9.17) is 18.1 Å². The molecule has 2 atom stereocenters. The number of hydrogen-bond donors (Lipinski definition) is 2. The van der Waals surface area contributed by atoms with E-state index in [0.717, 1.165) is 11.1 Å². The maximum Gasteiger partial charge on any atom is 0.584 e. The number of aryl methyl sites for hydroxylation is 4. The average Bonchev–Trinajstić information content (AvgIpc) is 2.66. The highest BCUT2D eigenvalue weighted by Gasteiger charge is 2.28. The summed E-state index contributed by atoms with van der Waals surface area (Å²) in [5, 5.41) is 0. The largest absolute Gasteiger partial charge is 0.584 e. The van der Waals surface area contributed by atoms with Gasteiger partial charge in [0, 0.05) is 6.07 Å². The highest BCUT2D eigenvalue weighted by Crippen LogP contribution is 2.48. The van der Waals surface area contributed by atoms with Gasteiger partial charge >= 0.3 is 15.6 Å². The van der Waals surface area contributed by atoms with E-state index in [9.17, 15) is 18.9 Å². The van der Waals surface area contributed by atoms with Crippen LogP contribution in [0.3, 0.4) is 0 Å². The third kappa shape index (κ3) is 6.62. The van der Waals surface area contributed by atoms with Crippen LogP contribution in [0.15, 0.2) is 60.7 Å². The molecule has 3 rings (SSSR count). The van der Waals surface area contributed by atoms with Crippen molar-refractivity contribution < 1.29 is 37.0 Å². The van der Waals surface area contributed by atoms with Crippen LogP contribution in [-0.4, -0.2) is 9.79 Å². The van der Waals surface area contributed by atoms with Crippen LogP contribution in [0.4, 0.5) is 0 Å². The fraction of sp³-hybridized carbons (Fsp3) is 0.182. The molecular weight excluding hydrogens is 454 g/mol. The molecule has 0 spiro atoms. The maximum absolute atomic E-state index is 12.4. The molecule has 0 radical (unpaired) electrons. The van der Waals surface area contributed by atoms with Crippen LogP contribution in [0.1, 0.15) is 22.3 Å². The summed E-state index contributed by atoms with van der Waals surface area (Å²) in [6.07, 6.45) is 0. The average molecular weight is 478 g/mol. The Balaban J connectivity index is 1.71. The van der Waals surface area contributed by atoms with Gasteiger partial charge < -0.3 is 18.1 Å². The van der Waals surface area contributed by atoms with Crippen LogP contribution in [0.5, 0.6) is 23.0 Å². The standard InChI is InChI=1S/C22H24O8P2/c1-15-8-10-21(17(3)12-15)29-31(23,24)27-19-6-5-7-20(14-19)28-32(25,26)30-22-11-9-16(2)13-18(22)4/h5-14H,1-4H3,(H,23,24)(H,25,26). The van der Waals surface area contributed by atoms with E-state index in [1.165, 1.54) is 24.3 Å². The lowest BCUT2D eigenvalue weighted by atomic mass is 10.1. The second kappa shape index (κ2) is 9.39. The predicted molar refractivity (Wildman–Crippen MR) is 120 cm³/mol. The van der Waals surface area contributed by atoms with Crippen LogP contribution in [-0.2, 0) is 9.13 Å². The lowest BCUT2D eigenvalue weighted by Gasteiger charge is -2.17. The lowest BCUT2D eigenvalue weighted by molar-refractivity contribution is 0.287. The van der Waals surface area contributed by atoms with Crippen molar-refractivity contribution in [3.05, 3.63) is 82.9 Å². The van der Waals surface area contributed by atoms with E-state index in [0.29, 0.717) is 11.1 Å². The Morgan fingerprint density at radius 1 is 0.594 bits per heavy atom. The number of benzene rings is 3. The Bertz CT molecular complexity index is 1130. The van der Waals surface area contributed by atoms with E-state index < -0.39 is 15.6 Å². The van der Waals surface area contributed by atoms with Crippen molar-refractivity contribution in [2.24, 2.45) is 0 Å². The Hall–Kier alpha value is -2.76. The van der Waals surface area contributed by atoms with Gasteiger partial charge in [0.2, 0.25) is 0 Å². The van der Waals surface area contributed by atoms with E-state index in [-0.39, 0.29) is 23.0 Å². The van der Waals surface area contributed by atoms with Crippen molar-refractivity contribution in [2.45, 2.75) is 27.7 Å². The minimum atomic E-state index is -4.53. The monoisotopic (exact) mass is 478 g/mol. The molecule has 0 bridgehead atoms. The van der Waals surface area contributed by atoms with Crippen molar-refractivity contribution >= 4 is 15.6 Å². The number of phosphoric acid groups is 2. The van der Waals surface area contributed by atoms with E-state index in [2.05, 4.69) is 0 Å². The molecule has 0 saturated carbocycles. The van der Waals surface area contributed by atoms with Crippen molar-refractivity contribution in [3.63, 3.8) is 0 Å². The van der Waals surface area contributed by atoms with Gasteiger partial charge in [0.1, 0.15) is 23.0 Å². The molecule has 3 aromatic carbocycles. The van der Waals surface area contributed by atoms with Gasteiger partial charge in [-0.1, -0.05) is 41.5 Å². The van der Waals surface area contributed by atoms with Gasteiger partial charge in [-0.05, 0) is 63.1 Å². The van der Waals surface area contributed by atoms with Gasteiger partial charge in [0.25, 0.3) is 0 Å². The SMILES string of the molecule is Cc1ccc(OP(=O)(O)Oc2cccc(OP(=O)(O)Oc3ccc(C)cc3C)c2)c(C)c1. The minimum absolute atomic E-state index is 0.0929. The van der Waals surface area contributed by atoms with Gasteiger partial charge in [-0.3, -0.25) is 9.79 Å². The lowest BCUT2D eigenvalue weighted by Crippen LogP contribution is -2.02. The molecule has 10 heteroatoms. The van der Waals surface area contributed by atoms with Gasteiger partial charge in [-0.2, -0.15) is 0 Å². The molecule has 170 valence electrons. The third-order valence-corrected chi connectivity index (χ3v) is 6.07. The second-order valence-corrected chi connectivity index (χ2v) is 9.92. The quantitative estimate of drug-likeness (QED) is 0.377. The summed E-state index contributed by atoms with van der Waals surface area (Å²) in [4.78, 5) is 20.3. The maximum atomic E-state index is 12.4. The van der Waals surface area contributed by atoms with Crippen molar-refractivity contribution in [3.8, 4) is 23.0 Å². The summed E-state index contributed by atoms with van der Waals surface area (Å²) in [6, 6.07) is 15.6. The predicted octanol–water partition coefficient (Wildman–Crippen LogP) is 6.04. The zero-order valence-corrected chi connectivity index (χ0v) is 19.8. The Kier molecular flexibility index (Phi) is 7.01. The topological polar surface area (TPSA) is 112 Å². The highest BCUT2D eigenvalue weighted by molar-refractivity contribution is 7.48. The normalized spacial score (nSPS) is 14.7. The van der Waals surface area contributed by atoms with Crippen LogP contribution in [0.2, 0.25) is 0 Å². The van der Waals surface area contributed by atoms with Crippen LogP contribution < -0.4 is 18.1 Å². The van der Waals surface area contributed by atoms with Crippen LogP contribution >= 0.6 is 15.6 Å². The Morgan fingerprint density at radius 3 is 1.38 bits per heavy atom. The number of rotatable bonds is 8. The van der Waals surface area contributed by atoms with Gasteiger partial charge in [0.05, 0.1) is 0 Å². The van der Waals surface area contributed by atoms with Crippen LogP contribution in [0.25, 0.3) is 0 Å². The summed E-state index contributed by atoms with van der Waals surface area (Å²) >= 11 is 0. The smallest absolute Gasteiger partial charge is 0.395 e. The Labute approximate surface area is 186 Å². The molecule has 2 N–H and O–H groups in total. The van der Waals surface area contributed by atoms with E-state index in [1.54, 1.807) is 50.2 Å². The fourth-order valence-corrected chi connectivity index (χ4v) is 4.68. The van der Waals surface area contributed by atoms with Crippen LogP contribution in [0, 0.1) is 27.7 Å². The van der Waals surface area contributed by atoms with Crippen molar-refractivity contribution in [1.82, 2.24) is 0 Å². The zero-order valence-electron chi connectivity index (χ0n) is 18.0. The van der Waals surface area contributed by atoms with Crippen molar-refractivity contribution in [2.75, 3.05) is 0 Å². The summed E-state index contributed by atoms with van der Waals surface area (Å²) in [6.45, 7) is 7.26. The highest BCUT2D eigenvalue weighted by atomic mass is 31.2. The first-order valence-electron chi connectivity index (χ1n) is 9.61. The molecule has 8 nitrogen and oxygen atoms in total.